The van der Waals surface area contributed by atoms with E-state index in [1.54, 1.807) is 25.1 Å². The molecular formula is C32H35F2N3O8. The number of carbonyl (C=O) groups is 3. The van der Waals surface area contributed by atoms with E-state index in [0.717, 1.165) is 16.5 Å². The van der Waals surface area contributed by atoms with Crippen molar-refractivity contribution in [1.29, 1.82) is 0 Å². The summed E-state index contributed by atoms with van der Waals surface area (Å²) in [4.78, 5) is 57.0. The number of cyclic esters (lactones) is 1. The highest BCUT2D eigenvalue weighted by Crippen LogP contribution is 2.42. The van der Waals surface area contributed by atoms with Crippen LogP contribution in [0.2, 0.25) is 0 Å². The van der Waals surface area contributed by atoms with Gasteiger partial charge in [0.1, 0.15) is 18.0 Å². The van der Waals surface area contributed by atoms with E-state index in [9.17, 15) is 33.1 Å². The molecule has 0 bridgehead atoms. The van der Waals surface area contributed by atoms with E-state index >= 15 is 0 Å². The third-order valence-electron chi connectivity index (χ3n) is 8.18. The summed E-state index contributed by atoms with van der Waals surface area (Å²) in [6.45, 7) is 7.84. The van der Waals surface area contributed by atoms with Crippen LogP contribution in [0.25, 0.3) is 22.3 Å². The molecule has 45 heavy (non-hydrogen) atoms. The molecule has 0 saturated heterocycles. The van der Waals surface area contributed by atoms with Gasteiger partial charge in [0.2, 0.25) is 5.60 Å². The quantitative estimate of drug-likeness (QED) is 0.216. The number of phenolic OH excluding ortho intramolecular Hbond substituents is 1. The zero-order valence-corrected chi connectivity index (χ0v) is 25.7. The maximum absolute atomic E-state index is 14.8. The fourth-order valence-electron chi connectivity index (χ4n) is 5.92. The monoisotopic (exact) mass is 627 g/mol. The first-order chi connectivity index (χ1) is 21.0. The van der Waals surface area contributed by atoms with Gasteiger partial charge in [-0.25, -0.2) is 18.6 Å². The van der Waals surface area contributed by atoms with Crippen molar-refractivity contribution < 1.29 is 42.5 Å². The van der Waals surface area contributed by atoms with Gasteiger partial charge in [-0.1, -0.05) is 13.8 Å². The van der Waals surface area contributed by atoms with Crippen LogP contribution in [0.5, 0.6) is 5.75 Å². The molecular weight excluding hydrogens is 592 g/mol. The van der Waals surface area contributed by atoms with E-state index in [-0.39, 0.29) is 36.4 Å². The van der Waals surface area contributed by atoms with E-state index < -0.39 is 59.5 Å². The van der Waals surface area contributed by atoms with E-state index in [2.05, 4.69) is 0 Å². The van der Waals surface area contributed by atoms with Crippen molar-refractivity contribution in [2.75, 3.05) is 0 Å². The van der Waals surface area contributed by atoms with E-state index in [0.29, 0.717) is 23.3 Å². The first-order valence-electron chi connectivity index (χ1n) is 14.7. The average Bonchev–Trinajstić information content (AvgIpc) is 3.33. The summed E-state index contributed by atoms with van der Waals surface area (Å²) in [7, 11) is 0. The number of nitrogens with zero attached hydrogens (tertiary/aromatic N) is 2. The molecule has 240 valence electrons. The average molecular weight is 628 g/mol. The van der Waals surface area contributed by atoms with Crippen molar-refractivity contribution in [3.8, 4) is 17.1 Å². The minimum atomic E-state index is -3.82. The SMILES string of the molecule is CCc1c2c(nc3ccc(O)cc13)-c1cc3c(c(=O)n1C2)COC(=O)[C@@]3(CC)OC(=O)CCC(F)(F)C(N)C(=O)OC(C)(C)C. The molecule has 13 heteroatoms. The number of aryl methyl sites for hydroxylation is 1. The van der Waals surface area contributed by atoms with Crippen LogP contribution in [-0.4, -0.2) is 50.1 Å². The summed E-state index contributed by atoms with van der Waals surface area (Å²) in [5.41, 5.74) is 5.26. The highest BCUT2D eigenvalue weighted by atomic mass is 19.3. The Hall–Kier alpha value is -4.39. The Labute approximate surface area is 257 Å². The number of hydrogen-bond donors (Lipinski definition) is 2. The van der Waals surface area contributed by atoms with Crippen molar-refractivity contribution >= 4 is 28.8 Å². The molecule has 4 heterocycles. The zero-order valence-electron chi connectivity index (χ0n) is 25.7. The molecule has 0 radical (unpaired) electrons. The molecule has 1 aromatic carbocycles. The van der Waals surface area contributed by atoms with Crippen LogP contribution in [0, 0.1) is 0 Å². The van der Waals surface area contributed by atoms with Gasteiger partial charge in [-0.05, 0) is 63.4 Å². The molecule has 1 unspecified atom stereocenters. The molecule has 2 aromatic heterocycles. The number of alkyl halides is 2. The van der Waals surface area contributed by atoms with Gasteiger partial charge >= 0.3 is 17.9 Å². The lowest BCUT2D eigenvalue weighted by Crippen LogP contribution is -2.50. The van der Waals surface area contributed by atoms with Crippen LogP contribution < -0.4 is 11.3 Å². The number of phenols is 1. The Morgan fingerprint density at radius 1 is 1.18 bits per heavy atom. The Morgan fingerprint density at radius 3 is 2.53 bits per heavy atom. The van der Waals surface area contributed by atoms with Gasteiger partial charge in [-0.2, -0.15) is 0 Å². The molecule has 2 aliphatic heterocycles. The molecule has 0 spiro atoms. The maximum atomic E-state index is 14.8. The topological polar surface area (TPSA) is 160 Å². The molecule has 3 N–H and O–H groups in total. The largest absolute Gasteiger partial charge is 0.508 e. The minimum Gasteiger partial charge on any atom is -0.508 e. The molecule has 2 aliphatic rings. The third kappa shape index (κ3) is 5.54. The normalized spacial score (nSPS) is 18.1. The van der Waals surface area contributed by atoms with Crippen LogP contribution in [0.4, 0.5) is 8.78 Å². The Balaban J connectivity index is 1.49. The second-order valence-electron chi connectivity index (χ2n) is 12.3. The number of halogens is 2. The number of benzene rings is 1. The number of esters is 3. The molecule has 2 atom stereocenters. The predicted molar refractivity (Wildman–Crippen MR) is 157 cm³/mol. The number of fused-ring (bicyclic) bond motifs is 5. The van der Waals surface area contributed by atoms with Gasteiger partial charge in [0.25, 0.3) is 11.5 Å². The number of pyridine rings is 2. The second kappa shape index (κ2) is 11.2. The Morgan fingerprint density at radius 2 is 1.89 bits per heavy atom. The number of nitrogens with two attached hydrogens (primary N) is 1. The van der Waals surface area contributed by atoms with E-state index in [1.807, 2.05) is 6.92 Å². The van der Waals surface area contributed by atoms with Gasteiger partial charge < -0.3 is 29.6 Å². The van der Waals surface area contributed by atoms with Gasteiger partial charge in [0.05, 0.1) is 35.4 Å². The standard InChI is InChI=1S/C32H35F2N3O8/c1-6-17-18-12-16(38)8-9-22(18)36-25-19(17)14-37-23(25)13-21-20(27(37)40)15-43-29(42)31(21,7-2)44-24(39)10-11-32(33,34)26(35)28(41)45-30(3,4)5/h8-9,12-13,26,38H,6-7,10-11,14-15,35H2,1-5H3/t26?,31-/m0/s1. The number of hydrogen-bond acceptors (Lipinski definition) is 10. The van der Waals surface area contributed by atoms with Gasteiger partial charge in [0.15, 0.2) is 6.04 Å². The number of ether oxygens (including phenoxy) is 3. The first kappa shape index (κ1) is 32.0. The van der Waals surface area contributed by atoms with Crippen LogP contribution in [0.3, 0.4) is 0 Å². The number of rotatable bonds is 8. The molecule has 0 fully saturated rings. The Bertz CT molecular complexity index is 1800. The smallest absolute Gasteiger partial charge is 0.355 e. The molecule has 0 aliphatic carbocycles. The van der Waals surface area contributed by atoms with Crippen LogP contribution in [0.1, 0.15) is 76.1 Å². The second-order valence-corrected chi connectivity index (χ2v) is 12.3. The maximum Gasteiger partial charge on any atom is 0.355 e. The molecule has 3 aromatic rings. The summed E-state index contributed by atoms with van der Waals surface area (Å²) >= 11 is 0. The summed E-state index contributed by atoms with van der Waals surface area (Å²) in [5.74, 6) is -7.18. The highest BCUT2D eigenvalue weighted by Gasteiger charge is 2.51. The fraction of sp³-hybridized carbons (Fsp3) is 0.469. The van der Waals surface area contributed by atoms with Gasteiger partial charge in [-0.15, -0.1) is 0 Å². The first-order valence-corrected chi connectivity index (χ1v) is 14.7. The minimum absolute atomic E-state index is 0.0804. The van der Waals surface area contributed by atoms with Gasteiger partial charge in [-0.3, -0.25) is 14.4 Å². The summed E-state index contributed by atoms with van der Waals surface area (Å²) in [6, 6.07) is 4.05. The fourth-order valence-corrected chi connectivity index (χ4v) is 5.92. The Kier molecular flexibility index (Phi) is 7.97. The zero-order chi connectivity index (χ0) is 33.1. The number of aromatic nitrogens is 2. The summed E-state index contributed by atoms with van der Waals surface area (Å²) < 4.78 is 47.0. The molecule has 5 rings (SSSR count). The molecule has 0 saturated carbocycles. The lowest BCUT2D eigenvalue weighted by molar-refractivity contribution is -0.190. The lowest BCUT2D eigenvalue weighted by Gasteiger charge is -2.35. The number of carbonyl (C=O) groups excluding carboxylic acids is 3. The van der Waals surface area contributed by atoms with Crippen molar-refractivity contribution in [2.24, 2.45) is 5.73 Å². The predicted octanol–water partition coefficient (Wildman–Crippen LogP) is 3.98. The van der Waals surface area contributed by atoms with Crippen molar-refractivity contribution in [3.05, 3.63) is 56.9 Å². The number of aromatic hydroxyl groups is 1. The van der Waals surface area contributed by atoms with Crippen molar-refractivity contribution in [3.63, 3.8) is 0 Å². The van der Waals surface area contributed by atoms with Crippen molar-refractivity contribution in [2.45, 2.75) is 96.6 Å². The van der Waals surface area contributed by atoms with Crippen LogP contribution >= 0.6 is 0 Å². The third-order valence-corrected chi connectivity index (χ3v) is 8.18. The summed E-state index contributed by atoms with van der Waals surface area (Å²) in [5, 5.41) is 10.8. The van der Waals surface area contributed by atoms with Crippen LogP contribution in [-0.2, 0) is 53.8 Å². The lowest BCUT2D eigenvalue weighted by atomic mass is 9.85. The van der Waals surface area contributed by atoms with Crippen molar-refractivity contribution in [1.82, 2.24) is 9.55 Å². The van der Waals surface area contributed by atoms with E-state index in [1.165, 1.54) is 31.4 Å². The van der Waals surface area contributed by atoms with Gasteiger partial charge in [0, 0.05) is 22.9 Å². The van der Waals surface area contributed by atoms with E-state index in [4.69, 9.17) is 24.9 Å². The molecule has 0 amide bonds. The van der Waals surface area contributed by atoms with Crippen LogP contribution in [0.15, 0.2) is 29.1 Å². The summed E-state index contributed by atoms with van der Waals surface area (Å²) in [6.07, 6.45) is -1.60. The highest BCUT2D eigenvalue weighted by molar-refractivity contribution is 5.90. The molecule has 11 nitrogen and oxygen atoms in total.